The van der Waals surface area contributed by atoms with E-state index in [1.807, 2.05) is 0 Å². The van der Waals surface area contributed by atoms with Gasteiger partial charge in [0.2, 0.25) is 11.7 Å². The van der Waals surface area contributed by atoms with Gasteiger partial charge in [-0.25, -0.2) is 4.98 Å². The van der Waals surface area contributed by atoms with Gasteiger partial charge in [-0.05, 0) is 32.0 Å². The number of carbonyl (C=O) groups is 1. The van der Waals surface area contributed by atoms with Gasteiger partial charge in [0.25, 0.3) is 11.8 Å². The van der Waals surface area contributed by atoms with Gasteiger partial charge in [0.05, 0.1) is 7.11 Å². The van der Waals surface area contributed by atoms with E-state index < -0.39 is 0 Å². The fraction of sp³-hybridized carbons (Fsp3) is 0.429. The molecule has 21 heavy (non-hydrogen) atoms. The first-order valence-corrected chi connectivity index (χ1v) is 6.88. The van der Waals surface area contributed by atoms with Gasteiger partial charge < -0.3 is 14.5 Å². The SMILES string of the molecule is COc1cccc(-c2nnc(C(=O)C3CCNCC3)o2)n1. The van der Waals surface area contributed by atoms with E-state index in [1.165, 1.54) is 7.11 Å². The third kappa shape index (κ3) is 2.92. The topological polar surface area (TPSA) is 90.1 Å². The second kappa shape index (κ2) is 6.01. The zero-order valence-electron chi connectivity index (χ0n) is 11.7. The van der Waals surface area contributed by atoms with E-state index in [2.05, 4.69) is 20.5 Å². The average molecular weight is 288 g/mol. The summed E-state index contributed by atoms with van der Waals surface area (Å²) in [4.78, 5) is 16.5. The molecule has 1 saturated heterocycles. The molecule has 0 aliphatic carbocycles. The minimum atomic E-state index is -0.0850. The summed E-state index contributed by atoms with van der Waals surface area (Å²) in [6, 6.07) is 5.23. The molecule has 0 bridgehead atoms. The molecule has 7 heteroatoms. The van der Waals surface area contributed by atoms with Crippen molar-refractivity contribution >= 4 is 5.78 Å². The first-order chi connectivity index (χ1) is 10.3. The van der Waals surface area contributed by atoms with Crippen LogP contribution in [0.1, 0.15) is 23.5 Å². The van der Waals surface area contributed by atoms with Crippen LogP contribution in [0.15, 0.2) is 22.6 Å². The zero-order chi connectivity index (χ0) is 14.7. The monoisotopic (exact) mass is 288 g/mol. The maximum Gasteiger partial charge on any atom is 0.284 e. The van der Waals surface area contributed by atoms with Crippen LogP contribution in [0.25, 0.3) is 11.6 Å². The molecule has 0 spiro atoms. The smallest absolute Gasteiger partial charge is 0.284 e. The Morgan fingerprint density at radius 1 is 1.33 bits per heavy atom. The molecule has 0 saturated carbocycles. The lowest BCUT2D eigenvalue weighted by Crippen LogP contribution is -2.32. The Balaban J connectivity index is 1.80. The number of nitrogens with zero attached hydrogens (tertiary/aromatic N) is 3. The van der Waals surface area contributed by atoms with Gasteiger partial charge in [0.1, 0.15) is 5.69 Å². The summed E-state index contributed by atoms with van der Waals surface area (Å²) < 4.78 is 10.5. The Kier molecular flexibility index (Phi) is 3.92. The van der Waals surface area contributed by atoms with Gasteiger partial charge in [0.15, 0.2) is 0 Å². The summed E-state index contributed by atoms with van der Waals surface area (Å²) in [5.74, 6) is 0.612. The number of ether oxygens (including phenoxy) is 1. The van der Waals surface area contributed by atoms with Crippen LogP contribution in [0.2, 0.25) is 0 Å². The summed E-state index contributed by atoms with van der Waals surface area (Å²) in [7, 11) is 1.53. The lowest BCUT2D eigenvalue weighted by Gasteiger charge is -2.19. The third-order valence-electron chi connectivity index (χ3n) is 3.50. The van der Waals surface area contributed by atoms with E-state index in [0.29, 0.717) is 11.6 Å². The van der Waals surface area contributed by atoms with Crippen LogP contribution in [0, 0.1) is 5.92 Å². The molecule has 0 aromatic carbocycles. The Hall–Kier alpha value is -2.28. The molecule has 7 nitrogen and oxygen atoms in total. The van der Waals surface area contributed by atoms with Crippen LogP contribution in [0.4, 0.5) is 0 Å². The van der Waals surface area contributed by atoms with Gasteiger partial charge in [-0.2, -0.15) is 0 Å². The fourth-order valence-corrected chi connectivity index (χ4v) is 2.33. The molecule has 1 aliphatic heterocycles. The molecule has 2 aromatic rings. The third-order valence-corrected chi connectivity index (χ3v) is 3.50. The number of piperidine rings is 1. The molecular weight excluding hydrogens is 272 g/mol. The molecule has 0 amide bonds. The number of methoxy groups -OCH3 is 1. The first-order valence-electron chi connectivity index (χ1n) is 6.88. The van der Waals surface area contributed by atoms with E-state index in [4.69, 9.17) is 9.15 Å². The maximum absolute atomic E-state index is 12.3. The van der Waals surface area contributed by atoms with Gasteiger partial charge >= 0.3 is 0 Å². The fourth-order valence-electron chi connectivity index (χ4n) is 2.33. The summed E-state index contributed by atoms with van der Waals surface area (Å²) in [6.45, 7) is 1.68. The highest BCUT2D eigenvalue weighted by Crippen LogP contribution is 2.22. The zero-order valence-corrected chi connectivity index (χ0v) is 11.7. The number of pyridine rings is 1. The predicted molar refractivity (Wildman–Crippen MR) is 74.0 cm³/mol. The van der Waals surface area contributed by atoms with E-state index >= 15 is 0 Å². The predicted octanol–water partition coefficient (Wildman–Crippen LogP) is 1.32. The summed E-state index contributed by atoms with van der Waals surface area (Å²) >= 11 is 0. The lowest BCUT2D eigenvalue weighted by atomic mass is 9.93. The van der Waals surface area contributed by atoms with Crippen molar-refractivity contribution in [1.29, 1.82) is 0 Å². The average Bonchev–Trinajstić information content (AvgIpc) is 3.05. The molecule has 1 aliphatic rings. The highest BCUT2D eigenvalue weighted by Gasteiger charge is 2.27. The first kappa shape index (κ1) is 13.7. The molecule has 0 radical (unpaired) electrons. The number of ketones is 1. The van der Waals surface area contributed by atoms with Gasteiger partial charge in [0, 0.05) is 12.0 Å². The molecule has 1 fully saturated rings. The van der Waals surface area contributed by atoms with Crippen molar-refractivity contribution in [2.45, 2.75) is 12.8 Å². The van der Waals surface area contributed by atoms with Crippen LogP contribution in [0.5, 0.6) is 5.88 Å². The molecule has 110 valence electrons. The second-order valence-electron chi connectivity index (χ2n) is 4.87. The summed E-state index contributed by atoms with van der Waals surface area (Å²) in [5.41, 5.74) is 0.492. The van der Waals surface area contributed by atoms with Gasteiger partial charge in [-0.3, -0.25) is 4.79 Å². The van der Waals surface area contributed by atoms with Crippen molar-refractivity contribution in [3.63, 3.8) is 0 Å². The maximum atomic E-state index is 12.3. The van der Waals surface area contributed by atoms with Crippen molar-refractivity contribution in [2.24, 2.45) is 5.92 Å². The molecule has 3 heterocycles. The van der Waals surface area contributed by atoms with E-state index in [1.54, 1.807) is 18.2 Å². The number of Topliss-reactive ketones (excluding diaryl/α,β-unsaturated/α-hetero) is 1. The number of carbonyl (C=O) groups excluding carboxylic acids is 1. The second-order valence-corrected chi connectivity index (χ2v) is 4.87. The number of nitrogens with one attached hydrogen (secondary N) is 1. The highest BCUT2D eigenvalue weighted by molar-refractivity contribution is 5.93. The standard InChI is InChI=1S/C14H16N4O3/c1-20-11-4-2-3-10(16-11)13-17-18-14(21-13)12(19)9-5-7-15-8-6-9/h2-4,9,15H,5-8H2,1H3. The van der Waals surface area contributed by atoms with Crippen LogP contribution >= 0.6 is 0 Å². The molecule has 0 unspecified atom stereocenters. The Bertz CT molecular complexity index is 635. The summed E-state index contributed by atoms with van der Waals surface area (Å²) in [6.07, 6.45) is 1.60. The number of hydrogen-bond acceptors (Lipinski definition) is 7. The molecule has 3 rings (SSSR count). The normalized spacial score (nSPS) is 15.9. The van der Waals surface area contributed by atoms with Crippen molar-refractivity contribution < 1.29 is 13.9 Å². The van der Waals surface area contributed by atoms with Crippen LogP contribution in [-0.4, -0.2) is 41.2 Å². The number of aromatic nitrogens is 3. The van der Waals surface area contributed by atoms with Crippen molar-refractivity contribution in [3.05, 3.63) is 24.1 Å². The Morgan fingerprint density at radius 3 is 2.90 bits per heavy atom. The highest BCUT2D eigenvalue weighted by atomic mass is 16.5. The van der Waals surface area contributed by atoms with Crippen molar-refractivity contribution in [1.82, 2.24) is 20.5 Å². The van der Waals surface area contributed by atoms with Crippen LogP contribution < -0.4 is 10.1 Å². The molecule has 1 N–H and O–H groups in total. The van der Waals surface area contributed by atoms with E-state index in [-0.39, 0.29) is 23.5 Å². The van der Waals surface area contributed by atoms with Crippen LogP contribution in [0.3, 0.4) is 0 Å². The Labute approximate surface area is 121 Å². The van der Waals surface area contributed by atoms with Gasteiger partial charge in [-0.1, -0.05) is 6.07 Å². The minimum absolute atomic E-state index is 0.0437. The van der Waals surface area contributed by atoms with E-state index in [0.717, 1.165) is 25.9 Å². The Morgan fingerprint density at radius 2 is 2.14 bits per heavy atom. The molecular formula is C14H16N4O3. The lowest BCUT2D eigenvalue weighted by molar-refractivity contribution is 0.0859. The van der Waals surface area contributed by atoms with Crippen molar-refractivity contribution in [3.8, 4) is 17.5 Å². The quantitative estimate of drug-likeness (QED) is 0.848. The van der Waals surface area contributed by atoms with Crippen molar-refractivity contribution in [2.75, 3.05) is 20.2 Å². The largest absolute Gasteiger partial charge is 0.481 e. The molecule has 2 aromatic heterocycles. The van der Waals surface area contributed by atoms with E-state index in [9.17, 15) is 4.79 Å². The van der Waals surface area contributed by atoms with Crippen LogP contribution in [-0.2, 0) is 0 Å². The summed E-state index contributed by atoms with van der Waals surface area (Å²) in [5, 5.41) is 11.0. The number of hydrogen-bond donors (Lipinski definition) is 1. The van der Waals surface area contributed by atoms with Gasteiger partial charge in [-0.15, -0.1) is 10.2 Å². The number of rotatable bonds is 4. The minimum Gasteiger partial charge on any atom is -0.481 e. The molecule has 0 atom stereocenters.